The minimum absolute atomic E-state index is 0.152. The van der Waals surface area contributed by atoms with Gasteiger partial charge in [0.2, 0.25) is 11.0 Å². The Morgan fingerprint density at radius 2 is 2.18 bits per heavy atom. The maximum atomic E-state index is 11.9. The van der Waals surface area contributed by atoms with E-state index in [9.17, 15) is 4.79 Å². The first-order valence-corrected chi connectivity index (χ1v) is 9.14. The molecule has 0 saturated heterocycles. The molecule has 0 aliphatic heterocycles. The lowest BCUT2D eigenvalue weighted by Gasteiger charge is -2.06. The van der Waals surface area contributed by atoms with E-state index in [1.165, 1.54) is 35.9 Å². The van der Waals surface area contributed by atoms with E-state index >= 15 is 0 Å². The first-order valence-electron chi connectivity index (χ1n) is 6.58. The fourth-order valence-corrected chi connectivity index (χ4v) is 3.72. The Bertz CT molecular complexity index is 690. The number of rotatable bonds is 6. The Hall–Kier alpha value is -1.02. The SMILES string of the molecule is O=C(CSc1nnc(NC2CC2)s1)Nc1ccc(Cl)cc1Cl. The van der Waals surface area contributed by atoms with Crippen LogP contribution in [0.5, 0.6) is 0 Å². The molecule has 9 heteroatoms. The zero-order chi connectivity index (χ0) is 15.5. The second kappa shape index (κ2) is 7.04. The van der Waals surface area contributed by atoms with Crippen molar-refractivity contribution >= 4 is 63.0 Å². The van der Waals surface area contributed by atoms with Gasteiger partial charge in [0.1, 0.15) is 0 Å². The number of nitrogens with one attached hydrogen (secondary N) is 2. The lowest BCUT2D eigenvalue weighted by Crippen LogP contribution is -2.14. The van der Waals surface area contributed by atoms with Gasteiger partial charge in [0.15, 0.2) is 4.34 Å². The van der Waals surface area contributed by atoms with Gasteiger partial charge in [-0.15, -0.1) is 10.2 Å². The molecule has 0 spiro atoms. The average molecular weight is 375 g/mol. The Morgan fingerprint density at radius 3 is 2.91 bits per heavy atom. The van der Waals surface area contributed by atoms with Gasteiger partial charge >= 0.3 is 0 Å². The van der Waals surface area contributed by atoms with E-state index in [0.29, 0.717) is 21.8 Å². The molecule has 2 N–H and O–H groups in total. The summed E-state index contributed by atoms with van der Waals surface area (Å²) in [7, 11) is 0. The fraction of sp³-hybridized carbons (Fsp3) is 0.308. The van der Waals surface area contributed by atoms with Gasteiger partial charge in [0, 0.05) is 11.1 Å². The van der Waals surface area contributed by atoms with Crippen LogP contribution in [0.15, 0.2) is 22.5 Å². The van der Waals surface area contributed by atoms with Gasteiger partial charge in [-0.2, -0.15) is 0 Å². The molecule has 1 aromatic heterocycles. The summed E-state index contributed by atoms with van der Waals surface area (Å²) in [6, 6.07) is 5.49. The van der Waals surface area contributed by atoms with Crippen molar-refractivity contribution in [2.45, 2.75) is 23.2 Å². The topological polar surface area (TPSA) is 66.9 Å². The number of carbonyl (C=O) groups is 1. The highest BCUT2D eigenvalue weighted by Gasteiger charge is 2.22. The monoisotopic (exact) mass is 374 g/mol. The van der Waals surface area contributed by atoms with E-state index < -0.39 is 0 Å². The van der Waals surface area contributed by atoms with Crippen LogP contribution in [0, 0.1) is 0 Å². The third-order valence-electron chi connectivity index (χ3n) is 2.84. The maximum Gasteiger partial charge on any atom is 0.234 e. The van der Waals surface area contributed by atoms with E-state index in [0.717, 1.165) is 9.47 Å². The Balaban J connectivity index is 1.50. The number of halogens is 2. The van der Waals surface area contributed by atoms with Gasteiger partial charge in [0.25, 0.3) is 0 Å². The van der Waals surface area contributed by atoms with Crippen LogP contribution >= 0.6 is 46.3 Å². The summed E-state index contributed by atoms with van der Waals surface area (Å²) in [5.41, 5.74) is 0.546. The zero-order valence-electron chi connectivity index (χ0n) is 11.3. The molecule has 1 aromatic carbocycles. The Morgan fingerprint density at radius 1 is 1.36 bits per heavy atom. The number of amides is 1. The van der Waals surface area contributed by atoms with Crippen LogP contribution in [0.3, 0.4) is 0 Å². The number of aromatic nitrogens is 2. The highest BCUT2D eigenvalue weighted by Crippen LogP contribution is 2.30. The van der Waals surface area contributed by atoms with Crippen molar-refractivity contribution in [2.75, 3.05) is 16.4 Å². The van der Waals surface area contributed by atoms with Crippen molar-refractivity contribution in [1.82, 2.24) is 10.2 Å². The fourth-order valence-electron chi connectivity index (χ4n) is 1.63. The third-order valence-corrected chi connectivity index (χ3v) is 5.38. The molecular weight excluding hydrogens is 363 g/mol. The van der Waals surface area contributed by atoms with Crippen molar-refractivity contribution in [1.29, 1.82) is 0 Å². The van der Waals surface area contributed by atoms with Gasteiger partial charge in [0.05, 0.1) is 16.5 Å². The quantitative estimate of drug-likeness (QED) is 0.743. The minimum atomic E-state index is -0.152. The van der Waals surface area contributed by atoms with E-state index in [1.54, 1.807) is 18.2 Å². The molecule has 1 saturated carbocycles. The Kier molecular flexibility index (Phi) is 5.07. The summed E-state index contributed by atoms with van der Waals surface area (Å²) < 4.78 is 0.764. The number of anilines is 2. The number of carbonyl (C=O) groups excluding carboxylic acids is 1. The molecule has 2 aromatic rings. The molecule has 1 aliphatic carbocycles. The van der Waals surface area contributed by atoms with Gasteiger partial charge < -0.3 is 10.6 Å². The highest BCUT2D eigenvalue weighted by molar-refractivity contribution is 8.01. The molecule has 5 nitrogen and oxygen atoms in total. The molecule has 0 atom stereocenters. The van der Waals surface area contributed by atoms with Crippen LogP contribution in [-0.2, 0) is 4.79 Å². The summed E-state index contributed by atoms with van der Waals surface area (Å²) in [4.78, 5) is 11.9. The number of benzene rings is 1. The van der Waals surface area contributed by atoms with Crippen molar-refractivity contribution in [3.63, 3.8) is 0 Å². The first-order chi connectivity index (χ1) is 10.6. The molecular formula is C13H12Cl2N4OS2. The van der Waals surface area contributed by atoms with Crippen molar-refractivity contribution in [2.24, 2.45) is 0 Å². The van der Waals surface area contributed by atoms with Crippen LogP contribution < -0.4 is 10.6 Å². The smallest absolute Gasteiger partial charge is 0.234 e. The molecule has 0 unspecified atom stereocenters. The lowest BCUT2D eigenvalue weighted by atomic mass is 10.3. The van der Waals surface area contributed by atoms with Crippen molar-refractivity contribution in [3.05, 3.63) is 28.2 Å². The third kappa shape index (κ3) is 4.49. The maximum absolute atomic E-state index is 11.9. The predicted octanol–water partition coefficient (Wildman–Crippen LogP) is 4.15. The van der Waals surface area contributed by atoms with Gasteiger partial charge in [-0.1, -0.05) is 46.3 Å². The number of thioether (sulfide) groups is 1. The number of hydrogen-bond acceptors (Lipinski definition) is 6. The molecule has 1 heterocycles. The largest absolute Gasteiger partial charge is 0.357 e. The van der Waals surface area contributed by atoms with Crippen LogP contribution in [0.2, 0.25) is 10.0 Å². The van der Waals surface area contributed by atoms with E-state index in [2.05, 4.69) is 20.8 Å². The van der Waals surface area contributed by atoms with E-state index in [-0.39, 0.29) is 11.7 Å². The second-order valence-corrected chi connectivity index (χ2v) is 7.80. The van der Waals surface area contributed by atoms with Crippen LogP contribution in [0.1, 0.15) is 12.8 Å². The molecule has 0 bridgehead atoms. The zero-order valence-corrected chi connectivity index (χ0v) is 14.5. The van der Waals surface area contributed by atoms with Crippen LogP contribution in [0.25, 0.3) is 0 Å². The number of hydrogen-bond donors (Lipinski definition) is 2. The molecule has 116 valence electrons. The summed E-state index contributed by atoms with van der Waals surface area (Å²) in [5, 5.41) is 15.9. The standard InChI is InChI=1S/C13H12Cl2N4OS2/c14-7-1-4-10(9(15)5-7)17-11(20)6-21-13-19-18-12(22-13)16-8-2-3-8/h1,4-5,8H,2-3,6H2,(H,16,18)(H,17,20). The lowest BCUT2D eigenvalue weighted by molar-refractivity contribution is -0.113. The van der Waals surface area contributed by atoms with Gasteiger partial charge in [-0.25, -0.2) is 0 Å². The van der Waals surface area contributed by atoms with Gasteiger partial charge in [-0.05, 0) is 31.0 Å². The molecule has 1 fully saturated rings. The van der Waals surface area contributed by atoms with E-state index in [4.69, 9.17) is 23.2 Å². The number of nitrogens with zero attached hydrogens (tertiary/aromatic N) is 2. The molecule has 0 radical (unpaired) electrons. The van der Waals surface area contributed by atoms with Crippen molar-refractivity contribution in [3.8, 4) is 0 Å². The summed E-state index contributed by atoms with van der Waals surface area (Å²) in [5.74, 6) is 0.0953. The highest BCUT2D eigenvalue weighted by atomic mass is 35.5. The second-order valence-electron chi connectivity index (χ2n) is 4.75. The minimum Gasteiger partial charge on any atom is -0.357 e. The normalized spacial score (nSPS) is 13.9. The molecule has 1 aliphatic rings. The van der Waals surface area contributed by atoms with Crippen LogP contribution in [0.4, 0.5) is 10.8 Å². The van der Waals surface area contributed by atoms with E-state index in [1.807, 2.05) is 0 Å². The predicted molar refractivity (Wildman–Crippen MR) is 92.4 cm³/mol. The molecule has 3 rings (SSSR count). The Labute approximate surface area is 145 Å². The van der Waals surface area contributed by atoms with Crippen LogP contribution in [-0.4, -0.2) is 27.9 Å². The first kappa shape index (κ1) is 15.9. The molecule has 1 amide bonds. The van der Waals surface area contributed by atoms with Crippen molar-refractivity contribution < 1.29 is 4.79 Å². The van der Waals surface area contributed by atoms with Gasteiger partial charge in [-0.3, -0.25) is 4.79 Å². The summed E-state index contributed by atoms with van der Waals surface area (Å²) in [6.45, 7) is 0. The average Bonchev–Trinajstić information content (AvgIpc) is 3.17. The summed E-state index contributed by atoms with van der Waals surface area (Å²) in [6.07, 6.45) is 2.37. The summed E-state index contributed by atoms with van der Waals surface area (Å²) >= 11 is 14.6. The molecule has 22 heavy (non-hydrogen) atoms.